The Morgan fingerprint density at radius 3 is 2.75 bits per heavy atom. The highest BCUT2D eigenvalue weighted by atomic mass is 32.2. The largest absolute Gasteiger partial charge is 0.342 e. The maximum atomic E-state index is 12.6. The average Bonchev–Trinajstić information content (AvgIpc) is 3.23. The smallest absolute Gasteiger partial charge is 0.235 e. The minimum atomic E-state index is -0.190. The lowest BCUT2D eigenvalue weighted by atomic mass is 10.2. The van der Waals surface area contributed by atoms with Crippen LogP contribution in [0.1, 0.15) is 25.6 Å². The number of rotatable bonds is 3. The molecule has 0 saturated carbocycles. The van der Waals surface area contributed by atoms with Crippen LogP contribution >= 0.6 is 11.8 Å². The number of aromatic nitrogens is 4. The van der Waals surface area contributed by atoms with Crippen molar-refractivity contribution in [3.63, 3.8) is 0 Å². The maximum Gasteiger partial charge on any atom is 0.235 e. The number of carbonyl (C=O) groups excluding carboxylic acids is 1. The van der Waals surface area contributed by atoms with Crippen LogP contribution in [0.25, 0.3) is 16.6 Å². The van der Waals surface area contributed by atoms with Crippen LogP contribution < -0.4 is 0 Å². The molecule has 0 bridgehead atoms. The highest BCUT2D eigenvalue weighted by molar-refractivity contribution is 8.00. The molecule has 4 rings (SSSR count). The second kappa shape index (κ2) is 6.05. The number of hydrogen-bond donors (Lipinski definition) is 0. The minimum Gasteiger partial charge on any atom is -0.342 e. The van der Waals surface area contributed by atoms with E-state index in [9.17, 15) is 4.79 Å². The highest BCUT2D eigenvalue weighted by Crippen LogP contribution is 2.28. The summed E-state index contributed by atoms with van der Waals surface area (Å²) in [6.07, 6.45) is 2.20. The number of thioether (sulfide) groups is 1. The van der Waals surface area contributed by atoms with Gasteiger partial charge in [-0.15, -0.1) is 5.10 Å². The molecule has 3 aromatic rings. The number of para-hydroxylation sites is 1. The van der Waals surface area contributed by atoms with Crippen LogP contribution in [0.3, 0.4) is 0 Å². The van der Waals surface area contributed by atoms with Crippen molar-refractivity contribution in [3.8, 4) is 0 Å². The Kier molecular flexibility index (Phi) is 3.88. The Morgan fingerprint density at radius 1 is 1.21 bits per heavy atom. The van der Waals surface area contributed by atoms with Gasteiger partial charge < -0.3 is 4.90 Å². The van der Waals surface area contributed by atoms with E-state index < -0.39 is 0 Å². The summed E-state index contributed by atoms with van der Waals surface area (Å²) < 4.78 is 1.76. The number of nitrogens with zero attached hydrogens (tertiary/aromatic N) is 5. The zero-order valence-corrected chi connectivity index (χ0v) is 14.6. The van der Waals surface area contributed by atoms with E-state index >= 15 is 0 Å². The van der Waals surface area contributed by atoms with Crippen LogP contribution in [0, 0.1) is 6.92 Å². The molecule has 1 fully saturated rings. The maximum absolute atomic E-state index is 12.6. The summed E-state index contributed by atoms with van der Waals surface area (Å²) in [5, 5.41) is 5.97. The van der Waals surface area contributed by atoms with Crippen LogP contribution in [-0.2, 0) is 4.79 Å². The Morgan fingerprint density at radius 2 is 1.96 bits per heavy atom. The van der Waals surface area contributed by atoms with E-state index in [0.717, 1.165) is 42.5 Å². The first kappa shape index (κ1) is 15.4. The molecule has 3 heterocycles. The van der Waals surface area contributed by atoms with Crippen molar-refractivity contribution in [3.05, 3.63) is 30.1 Å². The first-order valence-corrected chi connectivity index (χ1v) is 9.09. The van der Waals surface area contributed by atoms with Crippen LogP contribution in [0.5, 0.6) is 0 Å². The van der Waals surface area contributed by atoms with Crippen molar-refractivity contribution in [2.24, 2.45) is 0 Å². The molecule has 0 aliphatic carbocycles. The van der Waals surface area contributed by atoms with Crippen molar-refractivity contribution in [1.82, 2.24) is 24.5 Å². The zero-order valence-electron chi connectivity index (χ0n) is 13.8. The number of carbonyl (C=O) groups is 1. The van der Waals surface area contributed by atoms with E-state index in [2.05, 4.69) is 10.1 Å². The van der Waals surface area contributed by atoms with Crippen LogP contribution in [0.2, 0.25) is 0 Å². The lowest BCUT2D eigenvalue weighted by Gasteiger charge is -2.19. The first-order valence-electron chi connectivity index (χ1n) is 8.21. The molecule has 2 aromatic heterocycles. The molecule has 0 spiro atoms. The van der Waals surface area contributed by atoms with Gasteiger partial charge >= 0.3 is 0 Å². The van der Waals surface area contributed by atoms with Gasteiger partial charge in [-0.05, 0) is 38.8 Å². The third kappa shape index (κ3) is 2.62. The fourth-order valence-corrected chi connectivity index (χ4v) is 4.06. The van der Waals surface area contributed by atoms with E-state index in [0.29, 0.717) is 11.0 Å². The molecule has 1 amide bonds. The lowest BCUT2D eigenvalue weighted by Crippen LogP contribution is -2.34. The number of amides is 1. The number of aryl methyl sites for hydroxylation is 1. The number of benzene rings is 1. The van der Waals surface area contributed by atoms with E-state index in [1.807, 2.05) is 43.0 Å². The fraction of sp³-hybridized carbons (Fsp3) is 0.412. The predicted octanol–water partition coefficient (Wildman–Crippen LogP) is 2.69. The Hall–Kier alpha value is -2.15. The van der Waals surface area contributed by atoms with Gasteiger partial charge in [0.25, 0.3) is 0 Å². The van der Waals surface area contributed by atoms with Gasteiger partial charge in [-0.3, -0.25) is 4.79 Å². The van der Waals surface area contributed by atoms with Gasteiger partial charge in [-0.25, -0.2) is 9.97 Å². The molecule has 1 aliphatic heterocycles. The Bertz CT molecular complexity index is 916. The van der Waals surface area contributed by atoms with Crippen LogP contribution in [0.4, 0.5) is 0 Å². The van der Waals surface area contributed by atoms with E-state index in [-0.39, 0.29) is 11.2 Å². The molecule has 1 unspecified atom stereocenters. The van der Waals surface area contributed by atoms with Gasteiger partial charge in [0.15, 0.2) is 10.8 Å². The average molecular weight is 341 g/mol. The Balaban J connectivity index is 1.73. The highest BCUT2D eigenvalue weighted by Gasteiger charge is 2.25. The van der Waals surface area contributed by atoms with Gasteiger partial charge in [0, 0.05) is 18.5 Å². The minimum absolute atomic E-state index is 0.178. The van der Waals surface area contributed by atoms with Crippen molar-refractivity contribution >= 4 is 34.2 Å². The molecule has 6 nitrogen and oxygen atoms in total. The summed E-state index contributed by atoms with van der Waals surface area (Å²) in [5.41, 5.74) is 1.67. The molecule has 1 aliphatic rings. The first-order chi connectivity index (χ1) is 11.6. The summed E-state index contributed by atoms with van der Waals surface area (Å²) >= 11 is 1.45. The monoisotopic (exact) mass is 341 g/mol. The quantitative estimate of drug-likeness (QED) is 0.541. The van der Waals surface area contributed by atoms with E-state index in [4.69, 9.17) is 4.98 Å². The van der Waals surface area contributed by atoms with Gasteiger partial charge in [-0.2, -0.15) is 4.52 Å². The molecule has 124 valence electrons. The van der Waals surface area contributed by atoms with Gasteiger partial charge in [0.2, 0.25) is 5.91 Å². The predicted molar refractivity (Wildman–Crippen MR) is 94.2 cm³/mol. The van der Waals surface area contributed by atoms with Crippen molar-refractivity contribution in [1.29, 1.82) is 0 Å². The van der Waals surface area contributed by atoms with Gasteiger partial charge in [0.1, 0.15) is 5.82 Å². The number of hydrogen-bond acceptors (Lipinski definition) is 5. The Labute approximate surface area is 144 Å². The van der Waals surface area contributed by atoms with Crippen LogP contribution in [0.15, 0.2) is 29.4 Å². The van der Waals surface area contributed by atoms with E-state index in [1.165, 1.54) is 11.8 Å². The zero-order chi connectivity index (χ0) is 16.7. The summed E-state index contributed by atoms with van der Waals surface area (Å²) in [7, 11) is 0. The van der Waals surface area contributed by atoms with E-state index in [1.54, 1.807) is 4.52 Å². The molecular weight excluding hydrogens is 322 g/mol. The number of fused-ring (bicyclic) bond motifs is 3. The molecule has 24 heavy (non-hydrogen) atoms. The molecular formula is C17H19N5OS. The summed E-state index contributed by atoms with van der Waals surface area (Å²) in [6, 6.07) is 7.90. The normalized spacial score (nSPS) is 16.2. The van der Waals surface area contributed by atoms with Crippen LogP contribution in [-0.4, -0.2) is 48.7 Å². The van der Waals surface area contributed by atoms with Gasteiger partial charge in [-0.1, -0.05) is 23.9 Å². The van der Waals surface area contributed by atoms with Crippen molar-refractivity contribution in [2.75, 3.05) is 13.1 Å². The molecule has 7 heteroatoms. The third-order valence-electron chi connectivity index (χ3n) is 4.30. The second-order valence-corrected chi connectivity index (χ2v) is 7.41. The molecule has 1 saturated heterocycles. The standard InChI is InChI=1S/C17H19N5OS/c1-11(16(23)21-9-5-6-10-21)24-17-19-14-8-4-3-7-13(14)15-18-12(2)20-22(15)17/h3-4,7-8,11H,5-6,9-10H2,1-2H3. The second-order valence-electron chi connectivity index (χ2n) is 6.10. The topological polar surface area (TPSA) is 63.4 Å². The molecule has 0 N–H and O–H groups in total. The SMILES string of the molecule is Cc1nc2c3ccccc3nc(SC(C)C(=O)N3CCCC3)n2n1. The van der Waals surface area contributed by atoms with Gasteiger partial charge in [0.05, 0.1) is 10.8 Å². The molecule has 1 atom stereocenters. The summed E-state index contributed by atoms with van der Waals surface area (Å²) in [4.78, 5) is 23.8. The van der Waals surface area contributed by atoms with Crippen molar-refractivity contribution < 1.29 is 4.79 Å². The lowest BCUT2D eigenvalue weighted by molar-refractivity contribution is -0.129. The van der Waals surface area contributed by atoms with Crippen molar-refractivity contribution in [2.45, 2.75) is 37.1 Å². The summed E-state index contributed by atoms with van der Waals surface area (Å²) in [6.45, 7) is 5.55. The molecule has 0 radical (unpaired) electrons. The third-order valence-corrected chi connectivity index (χ3v) is 5.33. The molecule has 1 aromatic carbocycles. The fourth-order valence-electron chi connectivity index (χ4n) is 3.11. The summed E-state index contributed by atoms with van der Waals surface area (Å²) in [5.74, 6) is 0.881. The number of likely N-dealkylation sites (tertiary alicyclic amines) is 1.